The maximum atomic E-state index is 6.50. The fourth-order valence-electron chi connectivity index (χ4n) is 7.08. The lowest BCUT2D eigenvalue weighted by atomic mass is 9.94. The van der Waals surface area contributed by atoms with Crippen molar-refractivity contribution in [3.8, 4) is 45.0 Å². The normalized spacial score (nSPS) is 12.2. The first-order valence-electron chi connectivity index (χ1n) is 16.9. The predicted octanol–water partition coefficient (Wildman–Crippen LogP) is 12.3. The van der Waals surface area contributed by atoms with Crippen molar-refractivity contribution in [2.24, 2.45) is 0 Å². The molecule has 4 heteroatoms. The van der Waals surface area contributed by atoms with Gasteiger partial charge in [-0.15, -0.1) is 0 Å². The lowest BCUT2D eigenvalue weighted by molar-refractivity contribution is 0.483. The molecule has 2 heterocycles. The topological polar surface area (TPSA) is 28.6 Å². The molecule has 8 aromatic rings. The van der Waals surface area contributed by atoms with E-state index in [1.807, 2.05) is 48.7 Å². The maximum Gasteiger partial charge on any atom is 0.129 e. The highest BCUT2D eigenvalue weighted by atomic mass is 16.5. The number of rotatable bonds is 7. The minimum atomic E-state index is 0.631. The summed E-state index contributed by atoms with van der Waals surface area (Å²) in [5.41, 5.74) is 11.3. The van der Waals surface area contributed by atoms with Gasteiger partial charge in [-0.2, -0.15) is 0 Å². The molecule has 0 N–H and O–H groups in total. The van der Waals surface area contributed by atoms with Gasteiger partial charge in [0.1, 0.15) is 18.2 Å². The summed E-state index contributed by atoms with van der Waals surface area (Å²) >= 11 is 0. The van der Waals surface area contributed by atoms with Gasteiger partial charge >= 0.3 is 0 Å². The molecule has 1 aromatic heterocycles. The van der Waals surface area contributed by atoms with Crippen LogP contribution in [0.3, 0.4) is 0 Å². The molecule has 238 valence electrons. The zero-order chi connectivity index (χ0) is 33.3. The van der Waals surface area contributed by atoms with Crippen LogP contribution in [0.1, 0.15) is 0 Å². The van der Waals surface area contributed by atoms with Crippen LogP contribution in [-0.2, 0) is 0 Å². The molecule has 4 nitrogen and oxygen atoms in total. The van der Waals surface area contributed by atoms with E-state index in [9.17, 15) is 0 Å². The van der Waals surface area contributed by atoms with Crippen molar-refractivity contribution in [1.29, 1.82) is 0 Å². The number of aromatic nitrogens is 1. The van der Waals surface area contributed by atoms with E-state index in [-0.39, 0.29) is 0 Å². The van der Waals surface area contributed by atoms with Crippen LogP contribution in [-0.4, -0.2) is 11.7 Å². The van der Waals surface area contributed by atoms with Gasteiger partial charge in [-0.05, 0) is 59.0 Å². The highest BCUT2D eigenvalue weighted by Gasteiger charge is 2.33. The third-order valence-electron chi connectivity index (χ3n) is 9.36. The van der Waals surface area contributed by atoms with E-state index >= 15 is 0 Å². The van der Waals surface area contributed by atoms with Crippen LogP contribution in [0, 0.1) is 0 Å². The molecular formula is C46H33N3O. The summed E-state index contributed by atoms with van der Waals surface area (Å²) in [5, 5.41) is 2.43. The Morgan fingerprint density at radius 1 is 0.460 bits per heavy atom. The Morgan fingerprint density at radius 2 is 1.10 bits per heavy atom. The van der Waals surface area contributed by atoms with Gasteiger partial charge in [-0.25, -0.2) is 0 Å². The second-order valence-corrected chi connectivity index (χ2v) is 12.4. The standard InChI is InChI=1S/C46H33N3O/c1-3-14-33(15-4-1)40-24-13-25-41(34-16-5-2-6-17-34)45(40)49-32-48(44-28-27-35-18-7-8-23-42(35)46(44)49)37-20-12-22-39(31-37)50-38-21-11-19-36(30-38)43-26-9-10-29-47-43/h1-31H,32H2. The van der Waals surface area contributed by atoms with Crippen LogP contribution < -0.4 is 14.5 Å². The van der Waals surface area contributed by atoms with Crippen molar-refractivity contribution in [3.05, 3.63) is 188 Å². The minimum Gasteiger partial charge on any atom is -0.457 e. The molecule has 0 aliphatic carbocycles. The largest absolute Gasteiger partial charge is 0.457 e. The molecule has 0 amide bonds. The van der Waals surface area contributed by atoms with Crippen molar-refractivity contribution in [1.82, 2.24) is 4.98 Å². The molecule has 0 saturated heterocycles. The van der Waals surface area contributed by atoms with Gasteiger partial charge in [0.25, 0.3) is 0 Å². The van der Waals surface area contributed by atoms with E-state index in [1.54, 1.807) is 0 Å². The number of pyridine rings is 1. The minimum absolute atomic E-state index is 0.631. The molecule has 0 atom stereocenters. The molecule has 50 heavy (non-hydrogen) atoms. The maximum absolute atomic E-state index is 6.50. The van der Waals surface area contributed by atoms with Crippen molar-refractivity contribution in [2.75, 3.05) is 16.5 Å². The monoisotopic (exact) mass is 643 g/mol. The summed E-state index contributed by atoms with van der Waals surface area (Å²) in [4.78, 5) is 9.43. The van der Waals surface area contributed by atoms with Crippen LogP contribution in [0.15, 0.2) is 188 Å². The molecule has 0 saturated carbocycles. The SMILES string of the molecule is c1ccc(-c2cccc(-c3ccccc3)c2N2CN(c3cccc(Oc4cccc(-c5ccccn5)c4)c3)c3ccc4ccccc4c32)cc1. The Kier molecular flexibility index (Phi) is 7.52. The molecule has 0 spiro atoms. The summed E-state index contributed by atoms with van der Waals surface area (Å²) in [5.74, 6) is 1.54. The molecule has 0 fully saturated rings. The number of fused-ring (bicyclic) bond motifs is 3. The molecule has 0 radical (unpaired) electrons. The van der Waals surface area contributed by atoms with Crippen LogP contribution in [0.2, 0.25) is 0 Å². The van der Waals surface area contributed by atoms with Gasteiger partial charge in [0.2, 0.25) is 0 Å². The zero-order valence-corrected chi connectivity index (χ0v) is 27.4. The van der Waals surface area contributed by atoms with Gasteiger partial charge in [-0.3, -0.25) is 4.98 Å². The molecule has 7 aromatic carbocycles. The molecule has 0 bridgehead atoms. The fraction of sp³-hybridized carbons (Fsp3) is 0.0217. The Bertz CT molecular complexity index is 2390. The van der Waals surface area contributed by atoms with Crippen LogP contribution >= 0.6 is 0 Å². The number of hydrogen-bond acceptors (Lipinski definition) is 4. The first-order chi connectivity index (χ1) is 24.8. The fourth-order valence-corrected chi connectivity index (χ4v) is 7.08. The Labute approximate surface area is 292 Å². The number of nitrogens with zero attached hydrogens (tertiary/aromatic N) is 3. The first kappa shape index (κ1) is 29.5. The Balaban J connectivity index is 1.17. The first-order valence-corrected chi connectivity index (χ1v) is 16.9. The second kappa shape index (κ2) is 12.8. The zero-order valence-electron chi connectivity index (χ0n) is 27.4. The lowest BCUT2D eigenvalue weighted by Gasteiger charge is -2.27. The van der Waals surface area contributed by atoms with Gasteiger partial charge in [0.15, 0.2) is 0 Å². The van der Waals surface area contributed by atoms with Crippen LogP contribution in [0.5, 0.6) is 11.5 Å². The third kappa shape index (κ3) is 5.43. The van der Waals surface area contributed by atoms with E-state index in [4.69, 9.17) is 4.74 Å². The van der Waals surface area contributed by atoms with Crippen LogP contribution in [0.25, 0.3) is 44.3 Å². The summed E-state index contributed by atoms with van der Waals surface area (Å²) < 4.78 is 6.50. The van der Waals surface area contributed by atoms with Crippen molar-refractivity contribution in [3.63, 3.8) is 0 Å². The third-order valence-corrected chi connectivity index (χ3v) is 9.36. The average molecular weight is 644 g/mol. The molecular weight excluding hydrogens is 611 g/mol. The van der Waals surface area contributed by atoms with Crippen molar-refractivity contribution >= 4 is 33.5 Å². The van der Waals surface area contributed by atoms with Gasteiger partial charge < -0.3 is 14.5 Å². The van der Waals surface area contributed by atoms with Crippen LogP contribution in [0.4, 0.5) is 22.7 Å². The molecule has 1 aliphatic rings. The van der Waals surface area contributed by atoms with E-state index < -0.39 is 0 Å². The van der Waals surface area contributed by atoms with E-state index in [2.05, 4.69) is 154 Å². The number of benzene rings is 7. The summed E-state index contributed by atoms with van der Waals surface area (Å²) in [6.07, 6.45) is 1.81. The number of ether oxygens (including phenoxy) is 1. The van der Waals surface area contributed by atoms with Gasteiger partial charge in [-0.1, -0.05) is 133 Å². The number of para-hydroxylation sites is 1. The molecule has 9 rings (SSSR count). The second-order valence-electron chi connectivity index (χ2n) is 12.4. The quantitative estimate of drug-likeness (QED) is 0.173. The Morgan fingerprint density at radius 3 is 1.84 bits per heavy atom. The predicted molar refractivity (Wildman–Crippen MR) is 207 cm³/mol. The van der Waals surface area contributed by atoms with Gasteiger partial charge in [0, 0.05) is 40.0 Å². The van der Waals surface area contributed by atoms with E-state index in [0.29, 0.717) is 6.67 Å². The molecule has 0 unspecified atom stereocenters. The summed E-state index contributed by atoms with van der Waals surface area (Å²) in [6, 6.07) is 63.7. The van der Waals surface area contributed by atoms with E-state index in [1.165, 1.54) is 44.4 Å². The smallest absolute Gasteiger partial charge is 0.129 e. The van der Waals surface area contributed by atoms with E-state index in [0.717, 1.165) is 34.1 Å². The number of hydrogen-bond donors (Lipinski definition) is 0. The van der Waals surface area contributed by atoms with Crippen molar-refractivity contribution < 1.29 is 4.74 Å². The summed E-state index contributed by atoms with van der Waals surface area (Å²) in [7, 11) is 0. The Hall–Kier alpha value is -6.65. The summed E-state index contributed by atoms with van der Waals surface area (Å²) in [6.45, 7) is 0.631. The highest BCUT2D eigenvalue weighted by Crippen LogP contribution is 2.52. The molecule has 1 aliphatic heterocycles. The average Bonchev–Trinajstić information content (AvgIpc) is 3.59. The number of anilines is 4. The highest BCUT2D eigenvalue weighted by molar-refractivity contribution is 6.09. The van der Waals surface area contributed by atoms with Crippen molar-refractivity contribution in [2.45, 2.75) is 0 Å². The lowest BCUT2D eigenvalue weighted by Crippen LogP contribution is -2.25. The van der Waals surface area contributed by atoms with Gasteiger partial charge in [0.05, 0.1) is 22.8 Å².